The summed E-state index contributed by atoms with van der Waals surface area (Å²) in [5, 5.41) is 3.86. The third-order valence-electron chi connectivity index (χ3n) is 3.95. The Morgan fingerprint density at radius 3 is 2.69 bits per heavy atom. The molecule has 0 bridgehead atoms. The number of aromatic amines is 1. The number of nitrogens with one attached hydrogen (secondary N) is 2. The van der Waals surface area contributed by atoms with E-state index in [1.807, 2.05) is 12.1 Å². The Morgan fingerprint density at radius 2 is 1.92 bits per heavy atom. The first-order chi connectivity index (χ1) is 12.7. The molecule has 0 amide bonds. The van der Waals surface area contributed by atoms with Crippen molar-refractivity contribution in [2.24, 2.45) is 0 Å². The SMILES string of the molecule is COc1cccc(-c2nc3c(Nc4ccc(Cl)cc4)nccc3[nH]2)c1F. The first-order valence-corrected chi connectivity index (χ1v) is 8.23. The van der Waals surface area contributed by atoms with Crippen LogP contribution in [0, 0.1) is 5.82 Å². The summed E-state index contributed by atoms with van der Waals surface area (Å²) in [6.07, 6.45) is 1.66. The monoisotopic (exact) mass is 368 g/mol. The second-order valence-corrected chi connectivity index (χ2v) is 6.03. The van der Waals surface area contributed by atoms with E-state index in [0.29, 0.717) is 27.7 Å². The molecule has 130 valence electrons. The predicted octanol–water partition coefficient (Wildman–Crippen LogP) is 5.17. The van der Waals surface area contributed by atoms with Gasteiger partial charge in [0, 0.05) is 16.9 Å². The Kier molecular flexibility index (Phi) is 4.18. The van der Waals surface area contributed by atoms with Gasteiger partial charge in [-0.1, -0.05) is 17.7 Å². The van der Waals surface area contributed by atoms with Gasteiger partial charge < -0.3 is 15.0 Å². The van der Waals surface area contributed by atoms with Crippen LogP contribution in [0.1, 0.15) is 0 Å². The molecule has 2 heterocycles. The number of methoxy groups -OCH3 is 1. The number of H-pyrrole nitrogens is 1. The average Bonchev–Trinajstić information content (AvgIpc) is 3.09. The van der Waals surface area contributed by atoms with Gasteiger partial charge in [0.25, 0.3) is 0 Å². The molecule has 0 spiro atoms. The van der Waals surface area contributed by atoms with E-state index in [0.717, 1.165) is 11.2 Å². The van der Waals surface area contributed by atoms with E-state index in [1.54, 1.807) is 42.6 Å². The van der Waals surface area contributed by atoms with E-state index in [1.165, 1.54) is 7.11 Å². The summed E-state index contributed by atoms with van der Waals surface area (Å²) in [4.78, 5) is 12.0. The zero-order valence-electron chi connectivity index (χ0n) is 13.8. The summed E-state index contributed by atoms with van der Waals surface area (Å²) in [5.41, 5.74) is 2.51. The minimum absolute atomic E-state index is 0.167. The molecule has 0 radical (unpaired) electrons. The highest BCUT2D eigenvalue weighted by atomic mass is 35.5. The number of imidazole rings is 1. The fourth-order valence-electron chi connectivity index (χ4n) is 2.68. The molecule has 0 saturated carbocycles. The van der Waals surface area contributed by atoms with Gasteiger partial charge in [0.2, 0.25) is 0 Å². The second kappa shape index (κ2) is 6.65. The first kappa shape index (κ1) is 16.4. The molecule has 2 aromatic carbocycles. The van der Waals surface area contributed by atoms with Crippen LogP contribution < -0.4 is 10.1 Å². The van der Waals surface area contributed by atoms with Crippen LogP contribution >= 0.6 is 11.6 Å². The van der Waals surface area contributed by atoms with E-state index in [2.05, 4.69) is 20.3 Å². The maximum absolute atomic E-state index is 14.5. The smallest absolute Gasteiger partial charge is 0.175 e. The molecule has 5 nitrogen and oxygen atoms in total. The average molecular weight is 369 g/mol. The number of fused-ring (bicyclic) bond motifs is 1. The number of rotatable bonds is 4. The van der Waals surface area contributed by atoms with Crippen LogP contribution in [0.3, 0.4) is 0 Å². The van der Waals surface area contributed by atoms with E-state index >= 15 is 0 Å². The lowest BCUT2D eigenvalue weighted by Crippen LogP contribution is -1.94. The largest absolute Gasteiger partial charge is 0.494 e. The normalized spacial score (nSPS) is 10.9. The number of pyridine rings is 1. The van der Waals surface area contributed by atoms with Crippen molar-refractivity contribution in [2.45, 2.75) is 0 Å². The first-order valence-electron chi connectivity index (χ1n) is 7.86. The number of benzene rings is 2. The molecule has 0 aliphatic heterocycles. The molecule has 0 atom stereocenters. The van der Waals surface area contributed by atoms with Crippen LogP contribution in [-0.4, -0.2) is 22.1 Å². The molecule has 7 heteroatoms. The summed E-state index contributed by atoms with van der Waals surface area (Å²) in [7, 11) is 1.43. The van der Waals surface area contributed by atoms with Gasteiger partial charge >= 0.3 is 0 Å². The highest BCUT2D eigenvalue weighted by molar-refractivity contribution is 6.30. The highest BCUT2D eigenvalue weighted by Gasteiger charge is 2.15. The number of halogens is 2. The van der Waals surface area contributed by atoms with Gasteiger partial charge in [-0.15, -0.1) is 0 Å². The van der Waals surface area contributed by atoms with Gasteiger partial charge in [-0.2, -0.15) is 0 Å². The molecule has 0 fully saturated rings. The van der Waals surface area contributed by atoms with Gasteiger partial charge in [0.05, 0.1) is 18.2 Å². The molecule has 2 aromatic heterocycles. The van der Waals surface area contributed by atoms with Gasteiger partial charge in [0.15, 0.2) is 17.4 Å². The quantitative estimate of drug-likeness (QED) is 0.521. The third-order valence-corrected chi connectivity index (χ3v) is 4.20. The summed E-state index contributed by atoms with van der Waals surface area (Å²) >= 11 is 5.91. The number of anilines is 2. The van der Waals surface area contributed by atoms with Crippen molar-refractivity contribution in [1.29, 1.82) is 0 Å². The number of aromatic nitrogens is 3. The molecule has 4 aromatic rings. The lowest BCUT2D eigenvalue weighted by molar-refractivity contribution is 0.387. The van der Waals surface area contributed by atoms with E-state index in [9.17, 15) is 4.39 Å². The Morgan fingerprint density at radius 1 is 1.12 bits per heavy atom. The molecule has 0 saturated heterocycles. The zero-order valence-corrected chi connectivity index (χ0v) is 14.5. The van der Waals surface area contributed by atoms with Gasteiger partial charge in [-0.25, -0.2) is 14.4 Å². The molecule has 4 rings (SSSR count). The van der Waals surface area contributed by atoms with Crippen LogP contribution in [0.2, 0.25) is 5.02 Å². The Labute approximate surface area is 153 Å². The molecule has 0 unspecified atom stereocenters. The van der Waals surface area contributed by atoms with Crippen LogP contribution in [0.5, 0.6) is 5.75 Å². The van der Waals surface area contributed by atoms with Crippen molar-refractivity contribution < 1.29 is 9.13 Å². The van der Waals surface area contributed by atoms with Gasteiger partial charge in [-0.05, 0) is 42.5 Å². The predicted molar refractivity (Wildman–Crippen MR) is 101 cm³/mol. The molecular weight excluding hydrogens is 355 g/mol. The van der Waals surface area contributed by atoms with Crippen LogP contribution in [-0.2, 0) is 0 Å². The zero-order chi connectivity index (χ0) is 18.1. The summed E-state index contributed by atoms with van der Waals surface area (Å²) in [5.74, 6) is 0.675. The second-order valence-electron chi connectivity index (χ2n) is 5.59. The van der Waals surface area contributed by atoms with Crippen LogP contribution in [0.15, 0.2) is 54.7 Å². The number of hydrogen-bond acceptors (Lipinski definition) is 4. The van der Waals surface area contributed by atoms with Crippen LogP contribution in [0.25, 0.3) is 22.4 Å². The Balaban J connectivity index is 1.77. The molecule has 0 aliphatic rings. The fraction of sp³-hybridized carbons (Fsp3) is 0.0526. The van der Waals surface area contributed by atoms with Gasteiger partial charge in [-0.3, -0.25) is 0 Å². The number of nitrogens with zero attached hydrogens (tertiary/aromatic N) is 2. The van der Waals surface area contributed by atoms with Crippen molar-refractivity contribution in [3.05, 3.63) is 65.6 Å². The minimum Gasteiger partial charge on any atom is -0.494 e. The highest BCUT2D eigenvalue weighted by Crippen LogP contribution is 2.30. The van der Waals surface area contributed by atoms with E-state index in [4.69, 9.17) is 16.3 Å². The maximum Gasteiger partial charge on any atom is 0.175 e. The number of hydrogen-bond donors (Lipinski definition) is 2. The summed E-state index contributed by atoms with van der Waals surface area (Å²) in [6.45, 7) is 0. The molecular formula is C19H14ClFN4O. The summed E-state index contributed by atoms with van der Waals surface area (Å²) < 4.78 is 19.6. The lowest BCUT2D eigenvalue weighted by Gasteiger charge is -2.05. The minimum atomic E-state index is -0.464. The van der Waals surface area contributed by atoms with E-state index < -0.39 is 5.82 Å². The van der Waals surface area contributed by atoms with Crippen molar-refractivity contribution >= 4 is 34.1 Å². The number of ether oxygens (including phenoxy) is 1. The Hall–Kier alpha value is -3.12. The lowest BCUT2D eigenvalue weighted by atomic mass is 10.2. The van der Waals surface area contributed by atoms with Crippen molar-refractivity contribution in [3.63, 3.8) is 0 Å². The topological polar surface area (TPSA) is 62.8 Å². The van der Waals surface area contributed by atoms with Crippen molar-refractivity contribution in [3.8, 4) is 17.1 Å². The molecule has 0 aliphatic carbocycles. The molecule has 26 heavy (non-hydrogen) atoms. The standard InChI is InChI=1S/C19H14ClFN4O/c1-26-15-4-2-3-13(16(15)21)18-24-14-9-10-22-19(17(14)25-18)23-12-7-5-11(20)6-8-12/h2-10H,1H3,(H,22,23)(H,24,25). The Bertz CT molecular complexity index is 1080. The van der Waals surface area contributed by atoms with Crippen molar-refractivity contribution in [1.82, 2.24) is 15.0 Å². The third kappa shape index (κ3) is 2.95. The summed E-state index contributed by atoms with van der Waals surface area (Å²) in [6, 6.07) is 14.0. The fourth-order valence-corrected chi connectivity index (χ4v) is 2.80. The van der Waals surface area contributed by atoms with E-state index in [-0.39, 0.29) is 5.75 Å². The van der Waals surface area contributed by atoms with Crippen LogP contribution in [0.4, 0.5) is 15.9 Å². The van der Waals surface area contributed by atoms with Gasteiger partial charge in [0.1, 0.15) is 11.3 Å². The van der Waals surface area contributed by atoms with Crippen molar-refractivity contribution in [2.75, 3.05) is 12.4 Å². The molecule has 2 N–H and O–H groups in total. The maximum atomic E-state index is 14.5.